The second kappa shape index (κ2) is 8.43. The Kier molecular flexibility index (Phi) is 5.85. The summed E-state index contributed by atoms with van der Waals surface area (Å²) in [4.78, 5) is 37.4. The molecule has 8 heteroatoms. The molecular weight excluding hydrogens is 527 g/mol. The lowest BCUT2D eigenvalue weighted by atomic mass is 9.85. The van der Waals surface area contributed by atoms with Gasteiger partial charge in [-0.15, -0.1) is 11.3 Å². The normalized spacial score (nSPS) is 12.1. The number of amides is 2. The predicted molar refractivity (Wildman–Crippen MR) is 129 cm³/mol. The highest BCUT2D eigenvalue weighted by Gasteiger charge is 2.30. The summed E-state index contributed by atoms with van der Waals surface area (Å²) in [5.74, 6) is -2.20. The monoisotopic (exact) mass is 546 g/mol. The van der Waals surface area contributed by atoms with Gasteiger partial charge in [-0.3, -0.25) is 9.59 Å². The van der Waals surface area contributed by atoms with Crippen LogP contribution in [0.5, 0.6) is 0 Å². The molecule has 2 amide bonds. The third kappa shape index (κ3) is 3.97. The van der Waals surface area contributed by atoms with E-state index in [2.05, 4.69) is 47.0 Å². The fraction of sp³-hybridized carbons (Fsp3) is 0.174. The summed E-state index contributed by atoms with van der Waals surface area (Å²) in [5.41, 5.74) is 11.0. The van der Waals surface area contributed by atoms with E-state index in [1.807, 2.05) is 0 Å². The maximum atomic E-state index is 12.8. The summed E-state index contributed by atoms with van der Waals surface area (Å²) in [7, 11) is 0. The molecule has 0 spiro atoms. The number of carbonyl (C=O) groups excluding carboxylic acids is 2. The largest absolute Gasteiger partial charge is 0.478 e. The van der Waals surface area contributed by atoms with E-state index < -0.39 is 17.8 Å². The van der Waals surface area contributed by atoms with Crippen LogP contribution in [0.25, 0.3) is 11.1 Å². The van der Waals surface area contributed by atoms with E-state index in [4.69, 9.17) is 5.73 Å². The van der Waals surface area contributed by atoms with E-state index in [-0.39, 0.29) is 16.7 Å². The summed E-state index contributed by atoms with van der Waals surface area (Å²) in [5, 5.41) is 13.1. The maximum absolute atomic E-state index is 12.8. The molecule has 2 aromatic carbocycles. The molecule has 0 saturated carbocycles. The molecule has 0 unspecified atom stereocenters. The van der Waals surface area contributed by atoms with Crippen LogP contribution in [-0.2, 0) is 17.3 Å². The Labute approximate surface area is 196 Å². The average Bonchev–Trinajstić information content (AvgIpc) is 3.11. The number of carboxylic acid groups (broad SMARTS) is 1. The van der Waals surface area contributed by atoms with Gasteiger partial charge in [-0.25, -0.2) is 4.79 Å². The molecule has 0 fully saturated rings. The smallest absolute Gasteiger partial charge is 0.339 e. The summed E-state index contributed by atoms with van der Waals surface area (Å²) in [6.07, 6.45) is 1.56. The first-order valence-electron chi connectivity index (χ1n) is 9.59. The van der Waals surface area contributed by atoms with Crippen LogP contribution < -0.4 is 11.1 Å². The number of benzene rings is 2. The van der Waals surface area contributed by atoms with Gasteiger partial charge in [-0.2, -0.15) is 0 Å². The molecule has 1 aliphatic rings. The number of nitrogens with two attached hydrogens (primary N) is 1. The Morgan fingerprint density at radius 1 is 1.16 bits per heavy atom. The van der Waals surface area contributed by atoms with Crippen molar-refractivity contribution < 1.29 is 19.5 Å². The van der Waals surface area contributed by atoms with Gasteiger partial charge >= 0.3 is 5.97 Å². The number of hydrogen-bond acceptors (Lipinski definition) is 4. The number of aromatic carboxylic acids is 1. The molecule has 4 N–H and O–H groups in total. The number of carboxylic acids is 1. The maximum Gasteiger partial charge on any atom is 0.339 e. The second-order valence-corrected chi connectivity index (χ2v) is 9.25. The van der Waals surface area contributed by atoms with Gasteiger partial charge in [0.05, 0.1) is 0 Å². The average molecular weight is 546 g/mol. The molecule has 6 nitrogen and oxygen atoms in total. The van der Waals surface area contributed by atoms with Crippen LogP contribution in [0.4, 0.5) is 5.00 Å². The van der Waals surface area contributed by atoms with E-state index in [0.29, 0.717) is 10.6 Å². The molecule has 0 saturated heterocycles. The fourth-order valence-electron chi connectivity index (χ4n) is 3.86. The standard InChI is InChI=1S/C23H19IN2O4S/c1-11-7-12-5-6-17-18(16(12)9-15(11)10-24)19(23(29)30)22(31-17)26-21(28)14-4-2-3-13(8-14)20(25)27/h2-4,7-9H,5-6,10H2,1H3,(H2,25,27)(H,26,28)(H,29,30). The highest BCUT2D eigenvalue weighted by atomic mass is 127. The SMILES string of the molecule is Cc1cc2c(cc1CI)-c1c(sc(NC(=O)c3cccc(C(N)=O)c3)c1C(=O)O)CC2. The van der Waals surface area contributed by atoms with Crippen molar-refractivity contribution in [3.05, 3.63) is 74.7 Å². The molecule has 1 aliphatic carbocycles. The molecule has 31 heavy (non-hydrogen) atoms. The first-order chi connectivity index (χ1) is 14.8. The molecule has 0 radical (unpaired) electrons. The van der Waals surface area contributed by atoms with Gasteiger partial charge in [-0.05, 0) is 66.3 Å². The van der Waals surface area contributed by atoms with Crippen LogP contribution in [0.1, 0.15) is 52.6 Å². The third-order valence-corrected chi connectivity index (χ3v) is 7.41. The number of halogens is 1. The molecule has 4 rings (SSSR count). The van der Waals surface area contributed by atoms with Gasteiger partial charge < -0.3 is 16.2 Å². The van der Waals surface area contributed by atoms with Crippen molar-refractivity contribution in [3.63, 3.8) is 0 Å². The number of alkyl halides is 1. The number of primary amides is 1. The highest BCUT2D eigenvalue weighted by Crippen LogP contribution is 2.46. The topological polar surface area (TPSA) is 109 Å². The van der Waals surface area contributed by atoms with Crippen LogP contribution >= 0.6 is 33.9 Å². The Bertz CT molecular complexity index is 1250. The molecule has 0 atom stereocenters. The zero-order chi connectivity index (χ0) is 22.3. The van der Waals surface area contributed by atoms with Crippen LogP contribution in [0.15, 0.2) is 36.4 Å². The number of anilines is 1. The zero-order valence-electron chi connectivity index (χ0n) is 16.6. The highest BCUT2D eigenvalue weighted by molar-refractivity contribution is 14.1. The number of thiophene rings is 1. The fourth-order valence-corrected chi connectivity index (χ4v) is 5.89. The van der Waals surface area contributed by atoms with E-state index in [1.54, 1.807) is 12.1 Å². The van der Waals surface area contributed by atoms with E-state index >= 15 is 0 Å². The van der Waals surface area contributed by atoms with Crippen molar-refractivity contribution in [3.8, 4) is 11.1 Å². The number of nitrogens with one attached hydrogen (secondary N) is 1. The van der Waals surface area contributed by atoms with Gasteiger partial charge in [0.25, 0.3) is 5.91 Å². The quantitative estimate of drug-likeness (QED) is 0.315. The third-order valence-electron chi connectivity index (χ3n) is 5.43. The summed E-state index contributed by atoms with van der Waals surface area (Å²) in [6, 6.07) is 10.3. The first-order valence-corrected chi connectivity index (χ1v) is 11.9. The van der Waals surface area contributed by atoms with Gasteiger partial charge in [0, 0.05) is 26.0 Å². The summed E-state index contributed by atoms with van der Waals surface area (Å²) < 4.78 is 0.832. The molecule has 0 aliphatic heterocycles. The molecule has 1 aromatic heterocycles. The molecular formula is C23H19IN2O4S. The van der Waals surface area contributed by atoms with Crippen molar-refractivity contribution in [1.82, 2.24) is 0 Å². The van der Waals surface area contributed by atoms with E-state index in [0.717, 1.165) is 33.3 Å². The number of fused-ring (bicyclic) bond motifs is 3. The van der Waals surface area contributed by atoms with Gasteiger partial charge in [0.1, 0.15) is 10.6 Å². The lowest BCUT2D eigenvalue weighted by molar-refractivity contribution is 0.0699. The van der Waals surface area contributed by atoms with E-state index in [1.165, 1.54) is 34.6 Å². The lowest BCUT2D eigenvalue weighted by Crippen LogP contribution is -2.16. The van der Waals surface area contributed by atoms with Gasteiger partial charge in [0.2, 0.25) is 5.91 Å². The summed E-state index contributed by atoms with van der Waals surface area (Å²) in [6.45, 7) is 2.07. The van der Waals surface area contributed by atoms with Crippen molar-refractivity contribution in [2.45, 2.75) is 24.2 Å². The van der Waals surface area contributed by atoms with Crippen molar-refractivity contribution >= 4 is 56.7 Å². The predicted octanol–water partition coefficient (Wildman–Crippen LogP) is 4.81. The summed E-state index contributed by atoms with van der Waals surface area (Å²) >= 11 is 3.61. The van der Waals surface area contributed by atoms with Gasteiger partial charge in [-0.1, -0.05) is 34.7 Å². The van der Waals surface area contributed by atoms with Crippen molar-refractivity contribution in [1.29, 1.82) is 0 Å². The van der Waals surface area contributed by atoms with Crippen LogP contribution in [0.2, 0.25) is 0 Å². The van der Waals surface area contributed by atoms with E-state index in [9.17, 15) is 19.5 Å². The molecule has 1 heterocycles. The van der Waals surface area contributed by atoms with Crippen LogP contribution in [0, 0.1) is 6.92 Å². The minimum absolute atomic E-state index is 0.114. The first kappa shape index (κ1) is 21.5. The number of hydrogen-bond donors (Lipinski definition) is 3. The Morgan fingerprint density at radius 3 is 2.58 bits per heavy atom. The van der Waals surface area contributed by atoms with Crippen molar-refractivity contribution in [2.24, 2.45) is 5.73 Å². The number of aryl methyl sites for hydroxylation is 3. The molecule has 0 bridgehead atoms. The van der Waals surface area contributed by atoms with Crippen molar-refractivity contribution in [2.75, 3.05) is 5.32 Å². The lowest BCUT2D eigenvalue weighted by Gasteiger charge is -2.19. The zero-order valence-corrected chi connectivity index (χ0v) is 19.6. The Morgan fingerprint density at radius 2 is 1.90 bits per heavy atom. The number of rotatable bonds is 5. The second-order valence-electron chi connectivity index (χ2n) is 7.38. The minimum Gasteiger partial charge on any atom is -0.478 e. The minimum atomic E-state index is -1.08. The molecule has 3 aromatic rings. The van der Waals surface area contributed by atoms with Crippen LogP contribution in [-0.4, -0.2) is 22.9 Å². The van der Waals surface area contributed by atoms with Crippen LogP contribution in [0.3, 0.4) is 0 Å². The number of carbonyl (C=O) groups is 3. The Hall–Kier alpha value is -2.72. The molecule has 158 valence electrons. The Balaban J connectivity index is 1.78. The van der Waals surface area contributed by atoms with Gasteiger partial charge in [0.15, 0.2) is 0 Å².